The Balaban J connectivity index is 2.56. The molecule has 0 saturated heterocycles. The van der Waals surface area contributed by atoms with E-state index in [9.17, 15) is 14.4 Å². The van der Waals surface area contributed by atoms with Crippen molar-refractivity contribution in [1.82, 2.24) is 0 Å². The molecule has 0 fully saturated rings. The lowest BCUT2D eigenvalue weighted by atomic mass is 10.0. The number of unbranched alkanes of at least 4 members (excludes halogenated alkanes) is 4. The van der Waals surface area contributed by atoms with Gasteiger partial charge in [0.2, 0.25) is 5.78 Å². The van der Waals surface area contributed by atoms with Gasteiger partial charge in [0.05, 0.1) is 18.6 Å². The lowest BCUT2D eigenvalue weighted by Crippen LogP contribution is -2.17. The summed E-state index contributed by atoms with van der Waals surface area (Å²) >= 11 is 0. The van der Waals surface area contributed by atoms with Crippen LogP contribution in [0.4, 0.5) is 0 Å². The van der Waals surface area contributed by atoms with E-state index in [1.54, 1.807) is 24.3 Å². The Kier molecular flexibility index (Phi) is 7.89. The number of para-hydroxylation sites is 1. The first-order chi connectivity index (χ1) is 10.6. The zero-order chi connectivity index (χ0) is 16.4. The van der Waals surface area contributed by atoms with E-state index < -0.39 is 24.0 Å². The average Bonchev–Trinajstić information content (AvgIpc) is 2.51. The van der Waals surface area contributed by atoms with Crippen LogP contribution < -0.4 is 4.74 Å². The number of benzene rings is 1. The van der Waals surface area contributed by atoms with Crippen molar-refractivity contribution in [3.05, 3.63) is 29.8 Å². The highest BCUT2D eigenvalue weighted by atomic mass is 16.5. The van der Waals surface area contributed by atoms with Crippen LogP contribution in [-0.4, -0.2) is 29.2 Å². The molecule has 0 aliphatic heterocycles. The number of Topliss-reactive ketones (excluding diaryl/α,β-unsaturated/α-hetero) is 2. The number of ether oxygens (including phenoxy) is 1. The molecule has 5 heteroatoms. The summed E-state index contributed by atoms with van der Waals surface area (Å²) in [5, 5.41) is 8.56. The summed E-state index contributed by atoms with van der Waals surface area (Å²) in [7, 11) is 0. The Morgan fingerprint density at radius 3 is 2.41 bits per heavy atom. The van der Waals surface area contributed by atoms with E-state index in [0.29, 0.717) is 12.4 Å². The van der Waals surface area contributed by atoms with Gasteiger partial charge >= 0.3 is 5.97 Å². The molecule has 1 aromatic rings. The zero-order valence-corrected chi connectivity index (χ0v) is 12.8. The smallest absolute Gasteiger partial charge is 0.372 e. The minimum Gasteiger partial charge on any atom is -0.493 e. The Bertz CT molecular complexity index is 522. The van der Waals surface area contributed by atoms with Crippen molar-refractivity contribution in [2.75, 3.05) is 6.61 Å². The number of ketones is 2. The van der Waals surface area contributed by atoms with E-state index in [1.807, 2.05) is 0 Å². The quantitative estimate of drug-likeness (QED) is 0.294. The number of rotatable bonds is 11. The first-order valence-electron chi connectivity index (χ1n) is 7.57. The fourth-order valence-corrected chi connectivity index (χ4v) is 2.03. The molecule has 22 heavy (non-hydrogen) atoms. The second-order valence-electron chi connectivity index (χ2n) is 5.09. The highest BCUT2D eigenvalue weighted by Crippen LogP contribution is 2.20. The van der Waals surface area contributed by atoms with Gasteiger partial charge in [-0.3, -0.25) is 9.59 Å². The third kappa shape index (κ3) is 6.08. The van der Waals surface area contributed by atoms with Gasteiger partial charge in [0, 0.05) is 0 Å². The van der Waals surface area contributed by atoms with Gasteiger partial charge in [-0.05, 0) is 18.6 Å². The van der Waals surface area contributed by atoms with Gasteiger partial charge in [0.1, 0.15) is 5.75 Å². The van der Waals surface area contributed by atoms with E-state index in [-0.39, 0.29) is 5.56 Å². The van der Waals surface area contributed by atoms with Crippen LogP contribution in [0.15, 0.2) is 24.3 Å². The molecule has 0 aromatic heterocycles. The fourth-order valence-electron chi connectivity index (χ4n) is 2.03. The molecule has 0 heterocycles. The van der Waals surface area contributed by atoms with Gasteiger partial charge in [0.15, 0.2) is 5.78 Å². The number of hydrogen-bond acceptors (Lipinski definition) is 4. The Morgan fingerprint density at radius 1 is 1.05 bits per heavy atom. The van der Waals surface area contributed by atoms with Crippen molar-refractivity contribution in [3.63, 3.8) is 0 Å². The molecule has 0 saturated carbocycles. The monoisotopic (exact) mass is 306 g/mol. The molecule has 120 valence electrons. The summed E-state index contributed by atoms with van der Waals surface area (Å²) in [6, 6.07) is 6.60. The predicted octanol–water partition coefficient (Wildman–Crippen LogP) is 3.26. The van der Waals surface area contributed by atoms with Crippen molar-refractivity contribution in [1.29, 1.82) is 0 Å². The van der Waals surface area contributed by atoms with E-state index in [2.05, 4.69) is 6.92 Å². The first-order valence-corrected chi connectivity index (χ1v) is 7.57. The maximum atomic E-state index is 12.0. The van der Waals surface area contributed by atoms with Crippen molar-refractivity contribution in [2.45, 2.75) is 45.4 Å². The highest BCUT2D eigenvalue weighted by molar-refractivity contribution is 6.37. The van der Waals surface area contributed by atoms with Crippen LogP contribution in [0.5, 0.6) is 5.75 Å². The number of carboxylic acid groups (broad SMARTS) is 1. The van der Waals surface area contributed by atoms with Gasteiger partial charge in [-0.15, -0.1) is 0 Å². The van der Waals surface area contributed by atoms with Gasteiger partial charge in [0.25, 0.3) is 0 Å². The maximum Gasteiger partial charge on any atom is 0.372 e. The molecular formula is C17H22O5. The minimum absolute atomic E-state index is 0.255. The third-order valence-corrected chi connectivity index (χ3v) is 3.25. The second kappa shape index (κ2) is 9.71. The Hall–Kier alpha value is -2.17. The molecule has 0 amide bonds. The molecular weight excluding hydrogens is 284 g/mol. The predicted molar refractivity (Wildman–Crippen MR) is 82.3 cm³/mol. The minimum atomic E-state index is -1.59. The molecule has 0 atom stereocenters. The highest BCUT2D eigenvalue weighted by Gasteiger charge is 2.20. The molecule has 1 rings (SSSR count). The molecule has 0 aliphatic carbocycles. The van der Waals surface area contributed by atoms with Crippen molar-refractivity contribution < 1.29 is 24.2 Å². The van der Waals surface area contributed by atoms with Crippen LogP contribution in [0.25, 0.3) is 0 Å². The van der Waals surface area contributed by atoms with Gasteiger partial charge in [-0.2, -0.15) is 0 Å². The number of carboxylic acids is 1. The second-order valence-corrected chi connectivity index (χ2v) is 5.09. The summed E-state index contributed by atoms with van der Waals surface area (Å²) in [5.41, 5.74) is 0.255. The van der Waals surface area contributed by atoms with Crippen LogP contribution in [0.1, 0.15) is 55.8 Å². The van der Waals surface area contributed by atoms with Gasteiger partial charge in [-0.1, -0.05) is 44.7 Å². The molecule has 0 radical (unpaired) electrons. The number of carbonyl (C=O) groups is 3. The summed E-state index contributed by atoms with van der Waals surface area (Å²) in [5.74, 6) is -2.84. The largest absolute Gasteiger partial charge is 0.493 e. The molecule has 1 N–H and O–H groups in total. The Morgan fingerprint density at radius 2 is 1.73 bits per heavy atom. The van der Waals surface area contributed by atoms with Crippen LogP contribution in [0.2, 0.25) is 0 Å². The van der Waals surface area contributed by atoms with Crippen LogP contribution in [0.3, 0.4) is 0 Å². The van der Waals surface area contributed by atoms with E-state index >= 15 is 0 Å². The van der Waals surface area contributed by atoms with Crippen LogP contribution in [-0.2, 0) is 9.59 Å². The molecule has 5 nitrogen and oxygen atoms in total. The van der Waals surface area contributed by atoms with Gasteiger partial charge < -0.3 is 9.84 Å². The van der Waals surface area contributed by atoms with Crippen LogP contribution in [0, 0.1) is 0 Å². The Labute approximate surface area is 130 Å². The third-order valence-electron chi connectivity index (χ3n) is 3.25. The summed E-state index contributed by atoms with van der Waals surface area (Å²) in [6.07, 6.45) is 4.86. The first kappa shape index (κ1) is 17.9. The topological polar surface area (TPSA) is 80.7 Å². The molecule has 0 unspecified atom stereocenters. The number of carbonyl (C=O) groups excluding carboxylic acids is 2. The maximum absolute atomic E-state index is 12.0. The van der Waals surface area contributed by atoms with Gasteiger partial charge in [-0.25, -0.2) is 4.79 Å². The lowest BCUT2D eigenvalue weighted by molar-refractivity contribution is -0.148. The lowest BCUT2D eigenvalue weighted by Gasteiger charge is -2.10. The average molecular weight is 306 g/mol. The summed E-state index contributed by atoms with van der Waals surface area (Å²) in [4.78, 5) is 33.6. The number of aliphatic carboxylic acids is 1. The molecule has 0 bridgehead atoms. The number of hydrogen-bond donors (Lipinski definition) is 1. The molecule has 0 aliphatic rings. The molecule has 0 spiro atoms. The SMILES string of the molecule is CCCCCCCOc1ccccc1C(=O)CC(=O)C(=O)O. The normalized spacial score (nSPS) is 10.2. The summed E-state index contributed by atoms with van der Waals surface area (Å²) < 4.78 is 5.60. The van der Waals surface area contributed by atoms with E-state index in [1.165, 1.54) is 12.8 Å². The van der Waals surface area contributed by atoms with Crippen molar-refractivity contribution in [2.24, 2.45) is 0 Å². The van der Waals surface area contributed by atoms with E-state index in [0.717, 1.165) is 19.3 Å². The van der Waals surface area contributed by atoms with Crippen molar-refractivity contribution >= 4 is 17.5 Å². The van der Waals surface area contributed by atoms with Crippen molar-refractivity contribution in [3.8, 4) is 5.75 Å². The van der Waals surface area contributed by atoms with Crippen LogP contribution >= 0.6 is 0 Å². The fraction of sp³-hybridized carbons (Fsp3) is 0.471. The van der Waals surface area contributed by atoms with E-state index in [4.69, 9.17) is 9.84 Å². The standard InChI is InChI=1S/C17H22O5/c1-2-3-4-5-8-11-22-16-10-7-6-9-13(16)14(18)12-15(19)17(20)21/h6-7,9-10H,2-5,8,11-12H2,1H3,(H,20,21). The summed E-state index contributed by atoms with van der Waals surface area (Å²) in [6.45, 7) is 2.65. The molecule has 1 aromatic carbocycles. The zero-order valence-electron chi connectivity index (χ0n) is 12.8.